The molecule has 25 heavy (non-hydrogen) atoms. The number of sulfonamides is 1. The van der Waals surface area contributed by atoms with Crippen LogP contribution in [0.3, 0.4) is 0 Å². The molecule has 0 radical (unpaired) electrons. The predicted octanol–water partition coefficient (Wildman–Crippen LogP) is 2.85. The maximum absolute atomic E-state index is 12.7. The van der Waals surface area contributed by atoms with E-state index in [0.29, 0.717) is 4.47 Å². The fourth-order valence-electron chi connectivity index (χ4n) is 2.83. The van der Waals surface area contributed by atoms with Gasteiger partial charge in [0.1, 0.15) is 4.90 Å². The first-order valence-corrected chi connectivity index (χ1v) is 10.1. The molecule has 1 unspecified atom stereocenters. The van der Waals surface area contributed by atoms with Gasteiger partial charge in [-0.1, -0.05) is 29.8 Å². The van der Waals surface area contributed by atoms with Crippen LogP contribution in [-0.2, 0) is 16.4 Å². The van der Waals surface area contributed by atoms with Crippen molar-refractivity contribution in [1.29, 1.82) is 0 Å². The van der Waals surface area contributed by atoms with Gasteiger partial charge in [0.2, 0.25) is 10.0 Å². The SMILES string of the molecule is CC1Cc2ccccc2N1NC(=O)c1cc(S(N)(=O)=O)c(Cl)cc1Br. The fourth-order valence-corrected chi connectivity index (χ4v) is 4.58. The van der Waals surface area contributed by atoms with Crippen LogP contribution in [0.1, 0.15) is 22.8 Å². The van der Waals surface area contributed by atoms with Crippen molar-refractivity contribution < 1.29 is 13.2 Å². The van der Waals surface area contributed by atoms with E-state index in [1.807, 2.05) is 31.2 Å². The van der Waals surface area contributed by atoms with Gasteiger partial charge < -0.3 is 0 Å². The first-order valence-electron chi connectivity index (χ1n) is 7.38. The van der Waals surface area contributed by atoms with E-state index < -0.39 is 15.9 Å². The van der Waals surface area contributed by atoms with E-state index in [1.54, 1.807) is 5.01 Å². The van der Waals surface area contributed by atoms with Gasteiger partial charge in [-0.2, -0.15) is 0 Å². The topological polar surface area (TPSA) is 92.5 Å². The van der Waals surface area contributed by atoms with Crippen LogP contribution in [0.15, 0.2) is 45.8 Å². The number of halogens is 2. The Morgan fingerprint density at radius 1 is 1.36 bits per heavy atom. The molecule has 0 fully saturated rings. The van der Waals surface area contributed by atoms with Crippen LogP contribution >= 0.6 is 27.5 Å². The van der Waals surface area contributed by atoms with E-state index >= 15 is 0 Å². The molecule has 3 rings (SSSR count). The van der Waals surface area contributed by atoms with Gasteiger partial charge in [-0.3, -0.25) is 15.2 Å². The van der Waals surface area contributed by atoms with Crippen LogP contribution in [-0.4, -0.2) is 20.4 Å². The quantitative estimate of drug-likeness (QED) is 0.761. The standard InChI is InChI=1S/C16H15BrClN3O3S/c1-9-6-10-4-2-3-5-14(10)21(9)20-16(22)11-7-15(25(19,23)24)13(18)8-12(11)17/h2-5,7-9H,6H2,1H3,(H,20,22)(H2,19,23,24). The van der Waals surface area contributed by atoms with Crippen molar-refractivity contribution in [2.45, 2.75) is 24.3 Å². The van der Waals surface area contributed by atoms with Crippen LogP contribution in [0.25, 0.3) is 0 Å². The van der Waals surface area contributed by atoms with Gasteiger partial charge in [0.05, 0.1) is 22.3 Å². The van der Waals surface area contributed by atoms with Crippen molar-refractivity contribution in [3.63, 3.8) is 0 Å². The Morgan fingerprint density at radius 2 is 2.04 bits per heavy atom. The Kier molecular flexibility index (Phi) is 4.80. The van der Waals surface area contributed by atoms with Crippen LogP contribution in [0.2, 0.25) is 5.02 Å². The molecule has 132 valence electrons. The Labute approximate surface area is 159 Å². The summed E-state index contributed by atoms with van der Waals surface area (Å²) in [5.41, 5.74) is 5.01. The molecule has 1 heterocycles. The van der Waals surface area contributed by atoms with Gasteiger partial charge in [-0.15, -0.1) is 0 Å². The molecule has 1 atom stereocenters. The van der Waals surface area contributed by atoms with Crippen molar-refractivity contribution in [2.75, 3.05) is 5.01 Å². The van der Waals surface area contributed by atoms with E-state index in [2.05, 4.69) is 21.4 Å². The van der Waals surface area contributed by atoms with Crippen LogP contribution in [0.5, 0.6) is 0 Å². The third kappa shape index (κ3) is 3.52. The third-order valence-electron chi connectivity index (χ3n) is 4.00. The average Bonchev–Trinajstić information content (AvgIpc) is 2.82. The summed E-state index contributed by atoms with van der Waals surface area (Å²) in [7, 11) is -4.04. The molecule has 2 aromatic carbocycles. The van der Waals surface area contributed by atoms with Gasteiger partial charge in [0.25, 0.3) is 5.91 Å². The lowest BCUT2D eigenvalue weighted by Gasteiger charge is -2.25. The molecule has 0 spiro atoms. The monoisotopic (exact) mass is 443 g/mol. The fraction of sp³-hybridized carbons (Fsp3) is 0.188. The van der Waals surface area contributed by atoms with Gasteiger partial charge in [-0.25, -0.2) is 13.6 Å². The minimum absolute atomic E-state index is 0.0502. The summed E-state index contributed by atoms with van der Waals surface area (Å²) in [6, 6.07) is 10.4. The Morgan fingerprint density at radius 3 is 2.72 bits per heavy atom. The van der Waals surface area contributed by atoms with Crippen molar-refractivity contribution in [3.05, 3.63) is 57.0 Å². The summed E-state index contributed by atoms with van der Waals surface area (Å²) < 4.78 is 23.6. The van der Waals surface area contributed by atoms with Gasteiger partial charge >= 0.3 is 0 Å². The molecule has 1 aliphatic heterocycles. The lowest BCUT2D eigenvalue weighted by molar-refractivity contribution is 0.0945. The second-order valence-electron chi connectivity index (χ2n) is 5.80. The number of amides is 1. The Balaban J connectivity index is 1.95. The number of nitrogens with two attached hydrogens (primary N) is 1. The number of anilines is 1. The summed E-state index contributed by atoms with van der Waals surface area (Å²) in [4.78, 5) is 12.4. The van der Waals surface area contributed by atoms with Crippen molar-refractivity contribution >= 4 is 49.1 Å². The Bertz CT molecular complexity index is 965. The van der Waals surface area contributed by atoms with E-state index in [-0.39, 0.29) is 21.5 Å². The largest absolute Gasteiger partial charge is 0.282 e. The lowest BCUT2D eigenvalue weighted by atomic mass is 10.1. The molecular formula is C16H15BrClN3O3S. The highest BCUT2D eigenvalue weighted by atomic mass is 79.9. The molecule has 6 nitrogen and oxygen atoms in total. The second kappa shape index (κ2) is 6.60. The minimum Gasteiger partial charge on any atom is -0.282 e. The zero-order chi connectivity index (χ0) is 18.4. The number of hydrogen-bond acceptors (Lipinski definition) is 4. The number of carbonyl (C=O) groups is 1. The maximum Gasteiger partial charge on any atom is 0.270 e. The average molecular weight is 445 g/mol. The Hall–Kier alpha value is -1.61. The normalized spacial score (nSPS) is 16.6. The number of nitrogens with zero attached hydrogens (tertiary/aromatic N) is 1. The molecule has 3 N–H and O–H groups in total. The van der Waals surface area contributed by atoms with Crippen molar-refractivity contribution in [2.24, 2.45) is 5.14 Å². The van der Waals surface area contributed by atoms with Crippen LogP contribution in [0.4, 0.5) is 5.69 Å². The molecule has 0 aliphatic carbocycles. The number of fused-ring (bicyclic) bond motifs is 1. The molecule has 2 aromatic rings. The molecule has 1 amide bonds. The van der Waals surface area contributed by atoms with Gasteiger partial charge in [0, 0.05) is 4.47 Å². The zero-order valence-electron chi connectivity index (χ0n) is 13.2. The third-order valence-corrected chi connectivity index (χ3v) is 6.03. The second-order valence-corrected chi connectivity index (χ2v) is 8.59. The van der Waals surface area contributed by atoms with E-state index in [1.165, 1.54) is 12.1 Å². The maximum atomic E-state index is 12.7. The van der Waals surface area contributed by atoms with Crippen LogP contribution < -0.4 is 15.6 Å². The summed E-state index contributed by atoms with van der Waals surface area (Å²) >= 11 is 9.17. The van der Waals surface area contributed by atoms with Crippen molar-refractivity contribution in [1.82, 2.24) is 5.43 Å². The molecule has 0 saturated carbocycles. The number of hydrogen-bond donors (Lipinski definition) is 2. The first kappa shape index (κ1) is 18.2. The van der Waals surface area contributed by atoms with E-state index in [4.69, 9.17) is 16.7 Å². The molecule has 9 heteroatoms. The molecular weight excluding hydrogens is 430 g/mol. The molecule has 0 aromatic heterocycles. The summed E-state index contributed by atoms with van der Waals surface area (Å²) in [5.74, 6) is -0.461. The predicted molar refractivity (Wildman–Crippen MR) is 100 cm³/mol. The smallest absolute Gasteiger partial charge is 0.270 e. The lowest BCUT2D eigenvalue weighted by Crippen LogP contribution is -2.45. The number of primary sulfonamides is 1. The number of rotatable bonds is 3. The number of carbonyl (C=O) groups excluding carboxylic acids is 1. The van der Waals surface area contributed by atoms with Gasteiger partial charge in [0.15, 0.2) is 0 Å². The zero-order valence-corrected chi connectivity index (χ0v) is 16.3. The summed E-state index contributed by atoms with van der Waals surface area (Å²) in [6.45, 7) is 1.99. The van der Waals surface area contributed by atoms with E-state index in [0.717, 1.165) is 17.7 Å². The first-order chi connectivity index (χ1) is 11.7. The number of para-hydroxylation sites is 1. The highest BCUT2D eigenvalue weighted by molar-refractivity contribution is 9.10. The van der Waals surface area contributed by atoms with E-state index in [9.17, 15) is 13.2 Å². The summed E-state index contributed by atoms with van der Waals surface area (Å²) in [5, 5.41) is 6.88. The number of nitrogens with one attached hydrogen (secondary N) is 1. The van der Waals surface area contributed by atoms with Crippen LogP contribution in [0, 0.1) is 0 Å². The van der Waals surface area contributed by atoms with Crippen molar-refractivity contribution in [3.8, 4) is 0 Å². The minimum atomic E-state index is -4.04. The molecule has 1 aliphatic rings. The summed E-state index contributed by atoms with van der Waals surface area (Å²) in [6.07, 6.45) is 0.806. The highest BCUT2D eigenvalue weighted by Gasteiger charge is 2.28. The molecule has 0 saturated heterocycles. The molecule has 0 bridgehead atoms. The number of hydrazine groups is 1. The van der Waals surface area contributed by atoms with Gasteiger partial charge in [-0.05, 0) is 53.0 Å². The number of benzene rings is 2. The highest BCUT2D eigenvalue weighted by Crippen LogP contribution is 2.32.